The lowest BCUT2D eigenvalue weighted by molar-refractivity contribution is -0.137. The summed E-state index contributed by atoms with van der Waals surface area (Å²) in [5.74, 6) is -1.17. The summed E-state index contributed by atoms with van der Waals surface area (Å²) in [5, 5.41) is 4.82. The predicted molar refractivity (Wildman–Crippen MR) is 113 cm³/mol. The number of nitrogens with one attached hydrogen (secondary N) is 2. The second-order valence-electron chi connectivity index (χ2n) is 7.87. The van der Waals surface area contributed by atoms with Crippen molar-refractivity contribution < 1.29 is 31.2 Å². The molecule has 1 fully saturated rings. The molecule has 2 atom stereocenters. The second-order valence-corrected chi connectivity index (χ2v) is 10.2. The number of halogens is 4. The van der Waals surface area contributed by atoms with Gasteiger partial charge in [0.25, 0.3) is 0 Å². The van der Waals surface area contributed by atoms with Crippen molar-refractivity contribution in [3.8, 4) is 0 Å². The fraction of sp³-hybridized carbons (Fsp3) is 0.600. The van der Waals surface area contributed by atoms with Crippen molar-refractivity contribution in [2.75, 3.05) is 13.1 Å². The summed E-state index contributed by atoms with van der Waals surface area (Å²) in [6, 6.07) is 1.69. The van der Waals surface area contributed by atoms with Gasteiger partial charge in [0.1, 0.15) is 6.04 Å². The standard InChI is InChI=1S/C20H27ClF3N3O4S/c1-4-12(2)25-18(28)13(3)26-19(29)14-7-9-27(10-8-14)32(30,31)15-5-6-17(21)16(11-15)20(22,23)24/h5-6,11-14H,4,7-10H2,1-3H3,(H,25,28)(H,26,29). The highest BCUT2D eigenvalue weighted by molar-refractivity contribution is 7.89. The Balaban J connectivity index is 2.01. The Labute approximate surface area is 190 Å². The molecule has 0 saturated carbocycles. The van der Waals surface area contributed by atoms with Crippen LogP contribution in [0.4, 0.5) is 13.2 Å². The van der Waals surface area contributed by atoms with Crippen LogP contribution in [-0.4, -0.2) is 49.7 Å². The lowest BCUT2D eigenvalue weighted by atomic mass is 9.97. The Kier molecular flexibility index (Phi) is 8.57. The van der Waals surface area contributed by atoms with E-state index in [0.717, 1.165) is 22.9 Å². The van der Waals surface area contributed by atoms with Gasteiger partial charge in [0.05, 0.1) is 15.5 Å². The summed E-state index contributed by atoms with van der Waals surface area (Å²) in [4.78, 5) is 24.1. The van der Waals surface area contributed by atoms with Gasteiger partial charge < -0.3 is 10.6 Å². The van der Waals surface area contributed by atoms with E-state index >= 15 is 0 Å². The number of hydrogen-bond acceptors (Lipinski definition) is 4. The first-order valence-corrected chi connectivity index (χ1v) is 12.1. The Morgan fingerprint density at radius 1 is 1.19 bits per heavy atom. The summed E-state index contributed by atoms with van der Waals surface area (Å²) in [7, 11) is -4.18. The number of amides is 2. The molecule has 0 bridgehead atoms. The zero-order valence-corrected chi connectivity index (χ0v) is 19.6. The monoisotopic (exact) mass is 497 g/mol. The highest BCUT2D eigenvalue weighted by Crippen LogP contribution is 2.36. The van der Waals surface area contributed by atoms with Crippen LogP contribution in [0.1, 0.15) is 45.6 Å². The number of sulfonamides is 1. The molecule has 1 aliphatic rings. The molecule has 12 heteroatoms. The van der Waals surface area contributed by atoms with Gasteiger partial charge in [-0.2, -0.15) is 17.5 Å². The van der Waals surface area contributed by atoms with Gasteiger partial charge in [0, 0.05) is 25.0 Å². The van der Waals surface area contributed by atoms with E-state index in [2.05, 4.69) is 10.6 Å². The molecular formula is C20H27ClF3N3O4S. The Hall–Kier alpha value is -1.85. The molecule has 7 nitrogen and oxygen atoms in total. The van der Waals surface area contributed by atoms with E-state index < -0.39 is 43.6 Å². The fourth-order valence-corrected chi connectivity index (χ4v) is 4.98. The maximum atomic E-state index is 13.1. The first-order chi connectivity index (χ1) is 14.8. The maximum Gasteiger partial charge on any atom is 0.417 e. The van der Waals surface area contributed by atoms with E-state index in [-0.39, 0.29) is 43.8 Å². The summed E-state index contributed by atoms with van der Waals surface area (Å²) in [5.41, 5.74) is -1.22. The van der Waals surface area contributed by atoms with Crippen LogP contribution in [0.15, 0.2) is 23.1 Å². The highest BCUT2D eigenvalue weighted by Gasteiger charge is 2.37. The molecule has 0 spiro atoms. The normalized spacial score (nSPS) is 18.1. The minimum atomic E-state index is -4.79. The third kappa shape index (κ3) is 6.35. The van der Waals surface area contributed by atoms with Crippen LogP contribution in [0.3, 0.4) is 0 Å². The van der Waals surface area contributed by atoms with Crippen LogP contribution >= 0.6 is 11.6 Å². The molecule has 0 aliphatic carbocycles. The summed E-state index contributed by atoms with van der Waals surface area (Å²) >= 11 is 5.57. The van der Waals surface area contributed by atoms with Crippen molar-refractivity contribution in [3.63, 3.8) is 0 Å². The summed E-state index contributed by atoms with van der Waals surface area (Å²) in [6.07, 6.45) is -3.67. The third-order valence-electron chi connectivity index (χ3n) is 5.46. The molecule has 1 heterocycles. The van der Waals surface area contributed by atoms with Gasteiger partial charge in [-0.15, -0.1) is 0 Å². The van der Waals surface area contributed by atoms with Gasteiger partial charge in [-0.25, -0.2) is 8.42 Å². The Bertz CT molecular complexity index is 948. The van der Waals surface area contributed by atoms with E-state index in [0.29, 0.717) is 6.07 Å². The molecule has 0 aromatic heterocycles. The summed E-state index contributed by atoms with van der Waals surface area (Å²) in [6.45, 7) is 5.27. The molecule has 2 amide bonds. The predicted octanol–water partition coefficient (Wildman–Crippen LogP) is 3.18. The minimum Gasteiger partial charge on any atom is -0.352 e. The largest absolute Gasteiger partial charge is 0.417 e. The van der Waals surface area contributed by atoms with E-state index in [1.807, 2.05) is 13.8 Å². The van der Waals surface area contributed by atoms with Crippen LogP contribution in [0.25, 0.3) is 0 Å². The second kappa shape index (κ2) is 10.4. The molecule has 32 heavy (non-hydrogen) atoms. The van der Waals surface area contributed by atoms with Gasteiger partial charge in [0.15, 0.2) is 0 Å². The van der Waals surface area contributed by atoms with Crippen LogP contribution in [0, 0.1) is 5.92 Å². The van der Waals surface area contributed by atoms with E-state index in [1.54, 1.807) is 6.92 Å². The number of rotatable bonds is 7. The number of hydrogen-bond donors (Lipinski definition) is 2. The SMILES string of the molecule is CCC(C)NC(=O)C(C)NC(=O)C1CCN(S(=O)(=O)c2ccc(Cl)c(C(F)(F)F)c2)CC1. The zero-order chi connectivity index (χ0) is 24.3. The van der Waals surface area contributed by atoms with Crippen molar-refractivity contribution in [2.45, 2.75) is 63.2 Å². The molecule has 180 valence electrons. The average Bonchev–Trinajstić information content (AvgIpc) is 2.72. The Morgan fingerprint density at radius 3 is 2.31 bits per heavy atom. The molecule has 1 aromatic carbocycles. The number of carbonyl (C=O) groups excluding carboxylic acids is 2. The van der Waals surface area contributed by atoms with Gasteiger partial charge in [-0.05, 0) is 51.3 Å². The molecule has 1 aromatic rings. The van der Waals surface area contributed by atoms with Crippen molar-refractivity contribution in [1.82, 2.24) is 14.9 Å². The number of alkyl halides is 3. The maximum absolute atomic E-state index is 13.1. The zero-order valence-electron chi connectivity index (χ0n) is 18.0. The molecule has 2 N–H and O–H groups in total. The molecule has 2 rings (SSSR count). The number of nitrogens with zero attached hydrogens (tertiary/aromatic N) is 1. The van der Waals surface area contributed by atoms with Gasteiger partial charge in [0.2, 0.25) is 21.8 Å². The highest BCUT2D eigenvalue weighted by atomic mass is 35.5. The van der Waals surface area contributed by atoms with Crippen LogP contribution in [0.5, 0.6) is 0 Å². The molecule has 1 aliphatic heterocycles. The van der Waals surface area contributed by atoms with Crippen molar-refractivity contribution in [3.05, 3.63) is 28.8 Å². The third-order valence-corrected chi connectivity index (χ3v) is 7.68. The van der Waals surface area contributed by atoms with Crippen LogP contribution in [0.2, 0.25) is 5.02 Å². The Morgan fingerprint density at radius 2 is 1.78 bits per heavy atom. The molecule has 0 radical (unpaired) electrons. The molecule has 1 saturated heterocycles. The van der Waals surface area contributed by atoms with Crippen LogP contribution in [-0.2, 0) is 25.8 Å². The van der Waals surface area contributed by atoms with Crippen molar-refractivity contribution in [1.29, 1.82) is 0 Å². The van der Waals surface area contributed by atoms with Gasteiger partial charge in [-0.1, -0.05) is 18.5 Å². The molecular weight excluding hydrogens is 471 g/mol. The van der Waals surface area contributed by atoms with E-state index in [9.17, 15) is 31.2 Å². The summed E-state index contributed by atoms with van der Waals surface area (Å²) < 4.78 is 65.9. The van der Waals surface area contributed by atoms with Crippen LogP contribution < -0.4 is 10.6 Å². The first-order valence-electron chi connectivity index (χ1n) is 10.2. The van der Waals surface area contributed by atoms with E-state index in [4.69, 9.17) is 11.6 Å². The minimum absolute atomic E-state index is 0.0268. The first kappa shape index (κ1) is 26.4. The average molecular weight is 498 g/mol. The fourth-order valence-electron chi connectivity index (χ4n) is 3.26. The molecule has 2 unspecified atom stereocenters. The van der Waals surface area contributed by atoms with E-state index in [1.165, 1.54) is 0 Å². The number of piperidine rings is 1. The lowest BCUT2D eigenvalue weighted by Crippen LogP contribution is -2.50. The number of benzene rings is 1. The number of carbonyl (C=O) groups is 2. The van der Waals surface area contributed by atoms with Crippen molar-refractivity contribution in [2.24, 2.45) is 5.92 Å². The van der Waals surface area contributed by atoms with Gasteiger partial charge >= 0.3 is 6.18 Å². The van der Waals surface area contributed by atoms with Crippen molar-refractivity contribution >= 4 is 33.4 Å². The smallest absolute Gasteiger partial charge is 0.352 e. The quantitative estimate of drug-likeness (QED) is 0.605. The topological polar surface area (TPSA) is 95.6 Å². The lowest BCUT2D eigenvalue weighted by Gasteiger charge is -2.31. The van der Waals surface area contributed by atoms with Gasteiger partial charge in [-0.3, -0.25) is 9.59 Å².